The molecule has 0 aliphatic heterocycles. The SMILES string of the molecule is CNC(=O)c1cc(NCCc2cc(F)cc(F)c2)ccn1. The van der Waals surface area contributed by atoms with Crippen LogP contribution in [0.25, 0.3) is 0 Å². The average molecular weight is 291 g/mol. The van der Waals surface area contributed by atoms with Crippen LogP contribution in [0.3, 0.4) is 0 Å². The first-order chi connectivity index (χ1) is 10.1. The molecule has 0 unspecified atom stereocenters. The highest BCUT2D eigenvalue weighted by Gasteiger charge is 2.05. The van der Waals surface area contributed by atoms with Gasteiger partial charge in [-0.05, 0) is 36.2 Å². The number of nitrogens with one attached hydrogen (secondary N) is 2. The van der Waals surface area contributed by atoms with Crippen LogP contribution in [0.4, 0.5) is 14.5 Å². The highest BCUT2D eigenvalue weighted by Crippen LogP contribution is 2.11. The molecule has 0 radical (unpaired) electrons. The lowest BCUT2D eigenvalue weighted by Gasteiger charge is -2.08. The summed E-state index contributed by atoms with van der Waals surface area (Å²) in [6, 6.07) is 6.78. The highest BCUT2D eigenvalue weighted by molar-refractivity contribution is 5.92. The predicted octanol–water partition coefficient (Wildman–Crippen LogP) is 2.37. The molecule has 110 valence electrons. The molecule has 6 heteroatoms. The summed E-state index contributed by atoms with van der Waals surface area (Å²) in [5.41, 5.74) is 1.60. The van der Waals surface area contributed by atoms with Crippen molar-refractivity contribution in [3.8, 4) is 0 Å². The Hall–Kier alpha value is -2.50. The number of benzene rings is 1. The fourth-order valence-electron chi connectivity index (χ4n) is 1.90. The summed E-state index contributed by atoms with van der Waals surface area (Å²) in [5.74, 6) is -1.45. The lowest BCUT2D eigenvalue weighted by atomic mass is 10.1. The van der Waals surface area contributed by atoms with E-state index in [1.54, 1.807) is 12.1 Å². The Morgan fingerprint density at radius 1 is 1.19 bits per heavy atom. The van der Waals surface area contributed by atoms with Gasteiger partial charge in [0.25, 0.3) is 5.91 Å². The summed E-state index contributed by atoms with van der Waals surface area (Å²) < 4.78 is 26.1. The number of anilines is 1. The van der Waals surface area contributed by atoms with E-state index in [-0.39, 0.29) is 5.91 Å². The molecule has 0 saturated carbocycles. The van der Waals surface area contributed by atoms with Crippen LogP contribution >= 0.6 is 0 Å². The lowest BCUT2D eigenvalue weighted by Crippen LogP contribution is -2.19. The van der Waals surface area contributed by atoms with Crippen molar-refractivity contribution in [2.24, 2.45) is 0 Å². The van der Waals surface area contributed by atoms with Gasteiger partial charge in [0, 0.05) is 31.5 Å². The molecule has 0 bridgehead atoms. The number of halogens is 2. The maximum Gasteiger partial charge on any atom is 0.269 e. The van der Waals surface area contributed by atoms with Crippen molar-refractivity contribution in [1.82, 2.24) is 10.3 Å². The molecule has 1 amide bonds. The second-order valence-electron chi connectivity index (χ2n) is 4.46. The second kappa shape index (κ2) is 6.78. The number of amides is 1. The average Bonchev–Trinajstić information content (AvgIpc) is 2.46. The van der Waals surface area contributed by atoms with Crippen LogP contribution in [0.15, 0.2) is 36.5 Å². The highest BCUT2D eigenvalue weighted by atomic mass is 19.1. The molecule has 0 atom stereocenters. The number of nitrogens with zero attached hydrogens (tertiary/aromatic N) is 1. The molecule has 2 aromatic rings. The van der Waals surface area contributed by atoms with E-state index in [4.69, 9.17) is 0 Å². The molecular weight excluding hydrogens is 276 g/mol. The molecule has 2 N–H and O–H groups in total. The molecule has 21 heavy (non-hydrogen) atoms. The lowest BCUT2D eigenvalue weighted by molar-refractivity contribution is 0.0958. The Kier molecular flexibility index (Phi) is 4.81. The first-order valence-electron chi connectivity index (χ1n) is 6.45. The van der Waals surface area contributed by atoms with Crippen LogP contribution in [-0.2, 0) is 6.42 Å². The van der Waals surface area contributed by atoms with Crippen molar-refractivity contribution in [2.75, 3.05) is 18.9 Å². The van der Waals surface area contributed by atoms with Gasteiger partial charge >= 0.3 is 0 Å². The molecule has 0 aliphatic carbocycles. The van der Waals surface area contributed by atoms with Crippen molar-refractivity contribution >= 4 is 11.6 Å². The van der Waals surface area contributed by atoms with E-state index in [2.05, 4.69) is 15.6 Å². The largest absolute Gasteiger partial charge is 0.385 e. The number of aromatic nitrogens is 1. The number of carbonyl (C=O) groups is 1. The van der Waals surface area contributed by atoms with Gasteiger partial charge in [-0.25, -0.2) is 8.78 Å². The second-order valence-corrected chi connectivity index (χ2v) is 4.46. The fourth-order valence-corrected chi connectivity index (χ4v) is 1.90. The molecule has 1 aromatic heterocycles. The van der Waals surface area contributed by atoms with Crippen molar-refractivity contribution in [3.05, 3.63) is 59.4 Å². The third kappa shape index (κ3) is 4.24. The van der Waals surface area contributed by atoms with E-state index in [9.17, 15) is 13.6 Å². The van der Waals surface area contributed by atoms with Crippen LogP contribution in [0.2, 0.25) is 0 Å². The van der Waals surface area contributed by atoms with E-state index in [0.717, 1.165) is 11.8 Å². The van der Waals surface area contributed by atoms with Crippen LogP contribution < -0.4 is 10.6 Å². The maximum atomic E-state index is 13.0. The van der Waals surface area contributed by atoms with Crippen LogP contribution in [0.1, 0.15) is 16.1 Å². The van der Waals surface area contributed by atoms with Gasteiger partial charge in [-0.3, -0.25) is 9.78 Å². The summed E-state index contributed by atoms with van der Waals surface area (Å²) in [6.45, 7) is 0.486. The molecule has 0 fully saturated rings. The number of hydrogen-bond acceptors (Lipinski definition) is 3. The van der Waals surface area contributed by atoms with E-state index < -0.39 is 11.6 Å². The van der Waals surface area contributed by atoms with Crippen molar-refractivity contribution in [2.45, 2.75) is 6.42 Å². The Morgan fingerprint density at radius 2 is 1.90 bits per heavy atom. The summed E-state index contributed by atoms with van der Waals surface area (Å²) in [6.07, 6.45) is 1.99. The zero-order valence-electron chi connectivity index (χ0n) is 11.5. The first-order valence-corrected chi connectivity index (χ1v) is 6.45. The quantitative estimate of drug-likeness (QED) is 0.889. The minimum atomic E-state index is -0.587. The summed E-state index contributed by atoms with van der Waals surface area (Å²) >= 11 is 0. The van der Waals surface area contributed by atoms with Gasteiger partial charge in [0.15, 0.2) is 0 Å². The fraction of sp³-hybridized carbons (Fsp3) is 0.200. The van der Waals surface area contributed by atoms with Crippen LogP contribution in [0.5, 0.6) is 0 Å². The van der Waals surface area contributed by atoms with Crippen LogP contribution in [-0.4, -0.2) is 24.5 Å². The predicted molar refractivity (Wildman–Crippen MR) is 76.2 cm³/mol. The van der Waals surface area contributed by atoms with Crippen molar-refractivity contribution in [1.29, 1.82) is 0 Å². The Labute approximate surface area is 121 Å². The van der Waals surface area contributed by atoms with E-state index in [1.165, 1.54) is 25.4 Å². The molecule has 1 aromatic carbocycles. The summed E-state index contributed by atoms with van der Waals surface area (Å²) in [7, 11) is 1.53. The van der Waals surface area contributed by atoms with Gasteiger partial charge in [-0.2, -0.15) is 0 Å². The Bertz CT molecular complexity index is 626. The number of rotatable bonds is 5. The molecule has 0 aliphatic rings. The molecule has 1 heterocycles. The van der Waals surface area contributed by atoms with Crippen molar-refractivity contribution in [3.63, 3.8) is 0 Å². The molecule has 0 saturated heterocycles. The zero-order chi connectivity index (χ0) is 15.2. The van der Waals surface area contributed by atoms with Gasteiger partial charge in [0.1, 0.15) is 17.3 Å². The smallest absolute Gasteiger partial charge is 0.269 e. The minimum Gasteiger partial charge on any atom is -0.385 e. The maximum absolute atomic E-state index is 13.0. The summed E-state index contributed by atoms with van der Waals surface area (Å²) in [4.78, 5) is 15.4. The van der Waals surface area contributed by atoms with Gasteiger partial charge in [-0.1, -0.05) is 0 Å². The normalized spacial score (nSPS) is 10.2. The van der Waals surface area contributed by atoms with Gasteiger partial charge in [0.2, 0.25) is 0 Å². The van der Waals surface area contributed by atoms with Crippen LogP contribution in [0, 0.1) is 11.6 Å². The molecular formula is C15H15F2N3O. The third-order valence-corrected chi connectivity index (χ3v) is 2.88. The molecule has 0 spiro atoms. The van der Waals surface area contributed by atoms with Gasteiger partial charge in [-0.15, -0.1) is 0 Å². The third-order valence-electron chi connectivity index (χ3n) is 2.88. The van der Waals surface area contributed by atoms with E-state index in [0.29, 0.717) is 24.2 Å². The molecule has 4 nitrogen and oxygen atoms in total. The van der Waals surface area contributed by atoms with Gasteiger partial charge < -0.3 is 10.6 Å². The Morgan fingerprint density at radius 3 is 2.57 bits per heavy atom. The zero-order valence-corrected chi connectivity index (χ0v) is 11.5. The first kappa shape index (κ1) is 14.9. The topological polar surface area (TPSA) is 54.0 Å². The summed E-state index contributed by atoms with van der Waals surface area (Å²) in [5, 5.41) is 5.58. The van der Waals surface area contributed by atoms with E-state index >= 15 is 0 Å². The Balaban J connectivity index is 1.95. The number of carbonyl (C=O) groups excluding carboxylic acids is 1. The number of pyridine rings is 1. The monoisotopic (exact) mass is 291 g/mol. The number of hydrogen-bond donors (Lipinski definition) is 2. The van der Waals surface area contributed by atoms with Gasteiger partial charge in [0.05, 0.1) is 0 Å². The minimum absolute atomic E-state index is 0.272. The molecule has 2 rings (SSSR count). The van der Waals surface area contributed by atoms with Crippen molar-refractivity contribution < 1.29 is 13.6 Å². The standard InChI is InChI=1S/C15H15F2N3O/c1-18-15(21)14-9-13(3-5-20-14)19-4-2-10-6-11(16)8-12(17)7-10/h3,5-9H,2,4H2,1H3,(H,18,21)(H,19,20). The van der Waals surface area contributed by atoms with E-state index in [1.807, 2.05) is 0 Å².